The van der Waals surface area contributed by atoms with Gasteiger partial charge in [0.2, 0.25) is 0 Å². The smallest absolute Gasteiger partial charge is 0.340 e. The van der Waals surface area contributed by atoms with Crippen LogP contribution in [0.4, 0.5) is 5.69 Å². The highest BCUT2D eigenvalue weighted by atomic mass is 16.5. The molecular formula is C21H22N4O3. The van der Waals surface area contributed by atoms with E-state index >= 15 is 0 Å². The first kappa shape index (κ1) is 20.8. The number of anilines is 1. The number of H-pyrrole nitrogens is 1. The lowest BCUT2D eigenvalue weighted by atomic mass is 9.98. The summed E-state index contributed by atoms with van der Waals surface area (Å²) >= 11 is 0. The fourth-order valence-corrected chi connectivity index (χ4v) is 2.64. The van der Waals surface area contributed by atoms with Crippen LogP contribution in [0.25, 0.3) is 11.1 Å². The van der Waals surface area contributed by atoms with Gasteiger partial charge in [-0.25, -0.2) is 4.79 Å². The largest absolute Gasteiger partial charge is 0.462 e. The van der Waals surface area contributed by atoms with E-state index in [0.717, 1.165) is 0 Å². The molecule has 7 nitrogen and oxygen atoms in total. The summed E-state index contributed by atoms with van der Waals surface area (Å²) in [6.45, 7) is 3.09. The fraction of sp³-hybridized carbons (Fsp3) is 0.286. The quantitative estimate of drug-likeness (QED) is 0.331. The van der Waals surface area contributed by atoms with Crippen molar-refractivity contribution >= 4 is 17.9 Å². The zero-order valence-corrected chi connectivity index (χ0v) is 15.9. The zero-order valence-electron chi connectivity index (χ0n) is 15.9. The van der Waals surface area contributed by atoms with Crippen molar-refractivity contribution in [2.45, 2.75) is 13.3 Å². The molecule has 2 aromatic rings. The van der Waals surface area contributed by atoms with Gasteiger partial charge in [-0.05, 0) is 32.2 Å². The number of esters is 1. The molecule has 0 saturated carbocycles. The number of aromatic nitrogens is 1. The number of nitriles is 1. The molecule has 0 fully saturated rings. The monoisotopic (exact) mass is 378 g/mol. The first-order valence-corrected chi connectivity index (χ1v) is 8.79. The number of benzene rings is 1. The molecule has 0 aliphatic rings. The minimum absolute atomic E-state index is 0.222. The number of nitrogens with zero attached hydrogens (tertiary/aromatic N) is 2. The summed E-state index contributed by atoms with van der Waals surface area (Å²) in [6, 6.07) is 7.31. The number of nitrogens with one attached hydrogen (secondary N) is 1. The Labute approximate surface area is 164 Å². The molecular weight excluding hydrogens is 356 g/mol. The van der Waals surface area contributed by atoms with Crippen LogP contribution in [0.2, 0.25) is 0 Å². The van der Waals surface area contributed by atoms with Gasteiger partial charge in [0.15, 0.2) is 6.29 Å². The third-order valence-corrected chi connectivity index (χ3v) is 4.03. The van der Waals surface area contributed by atoms with Gasteiger partial charge in [0.1, 0.15) is 0 Å². The van der Waals surface area contributed by atoms with E-state index in [2.05, 4.69) is 22.9 Å². The Kier molecular flexibility index (Phi) is 7.38. The molecule has 0 saturated heterocycles. The topological polar surface area (TPSA) is 112 Å². The van der Waals surface area contributed by atoms with Crippen molar-refractivity contribution in [2.75, 3.05) is 32.5 Å². The van der Waals surface area contributed by atoms with E-state index in [9.17, 15) is 9.59 Å². The number of hydrogen-bond donors (Lipinski definition) is 2. The van der Waals surface area contributed by atoms with Crippen LogP contribution in [0.3, 0.4) is 0 Å². The Hall–Kier alpha value is -3.55. The maximum absolute atomic E-state index is 12.2. The van der Waals surface area contributed by atoms with Crippen LogP contribution < -0.4 is 5.73 Å². The van der Waals surface area contributed by atoms with E-state index in [-0.39, 0.29) is 17.9 Å². The molecule has 2 rings (SSSR count). The molecule has 28 heavy (non-hydrogen) atoms. The van der Waals surface area contributed by atoms with Gasteiger partial charge in [-0.1, -0.05) is 11.8 Å². The van der Waals surface area contributed by atoms with Crippen LogP contribution in [0.5, 0.6) is 0 Å². The predicted octanol–water partition coefficient (Wildman–Crippen LogP) is 2.45. The summed E-state index contributed by atoms with van der Waals surface area (Å²) in [7, 11) is 1.89. The second-order valence-corrected chi connectivity index (χ2v) is 6.08. The highest BCUT2D eigenvalue weighted by Crippen LogP contribution is 2.32. The summed E-state index contributed by atoms with van der Waals surface area (Å²) in [5.41, 5.74) is 8.67. The third kappa shape index (κ3) is 5.00. The molecule has 0 unspecified atom stereocenters. The number of nitrogens with two attached hydrogens (primary N) is 1. The molecule has 0 bridgehead atoms. The zero-order chi connectivity index (χ0) is 20.5. The molecule has 7 heteroatoms. The molecule has 0 aliphatic heterocycles. The Balaban J connectivity index is 2.37. The van der Waals surface area contributed by atoms with Gasteiger partial charge in [-0.3, -0.25) is 9.69 Å². The molecule has 0 radical (unpaired) electrons. The summed E-state index contributed by atoms with van der Waals surface area (Å²) < 4.78 is 5.07. The molecule has 1 heterocycles. The molecule has 1 aromatic carbocycles. The standard InChI is InChI=1S/C21H22N4O3/c1-3-28-21(27)17-13-24-19(14-26)20(17)16-12-15(7-8-18(16)23)6-4-10-25(2)11-5-9-22/h7-8,12-14,24H,3,5,10-11,23H2,1-2H3. The second kappa shape index (κ2) is 9.96. The molecule has 0 amide bonds. The average Bonchev–Trinajstić information content (AvgIpc) is 3.11. The summed E-state index contributed by atoms with van der Waals surface area (Å²) in [4.78, 5) is 28.4. The van der Waals surface area contributed by atoms with Gasteiger partial charge < -0.3 is 15.5 Å². The van der Waals surface area contributed by atoms with E-state index < -0.39 is 5.97 Å². The van der Waals surface area contributed by atoms with E-state index in [1.165, 1.54) is 6.20 Å². The first-order valence-electron chi connectivity index (χ1n) is 8.79. The Morgan fingerprint density at radius 1 is 1.43 bits per heavy atom. The number of carbonyl (C=O) groups is 2. The molecule has 0 spiro atoms. The van der Waals surface area contributed by atoms with Crippen LogP contribution in [-0.4, -0.2) is 48.9 Å². The van der Waals surface area contributed by atoms with Crippen molar-refractivity contribution in [3.63, 3.8) is 0 Å². The van der Waals surface area contributed by atoms with Crippen LogP contribution in [0, 0.1) is 23.2 Å². The highest BCUT2D eigenvalue weighted by molar-refractivity contribution is 6.04. The van der Waals surface area contributed by atoms with Crippen molar-refractivity contribution < 1.29 is 14.3 Å². The van der Waals surface area contributed by atoms with E-state index in [1.54, 1.807) is 25.1 Å². The van der Waals surface area contributed by atoms with Gasteiger partial charge in [0.05, 0.1) is 30.5 Å². The number of nitrogen functional groups attached to an aromatic ring is 1. The van der Waals surface area contributed by atoms with E-state index in [1.807, 2.05) is 11.9 Å². The predicted molar refractivity (Wildman–Crippen MR) is 107 cm³/mol. The molecule has 144 valence electrons. The maximum atomic E-state index is 12.2. The van der Waals surface area contributed by atoms with Gasteiger partial charge in [0, 0.05) is 41.5 Å². The molecule has 0 aliphatic carbocycles. The third-order valence-electron chi connectivity index (χ3n) is 4.03. The molecule has 0 atom stereocenters. The van der Waals surface area contributed by atoms with Gasteiger partial charge in [-0.15, -0.1) is 0 Å². The van der Waals surface area contributed by atoms with E-state index in [0.29, 0.717) is 48.2 Å². The normalized spacial score (nSPS) is 10.1. The van der Waals surface area contributed by atoms with Gasteiger partial charge in [0.25, 0.3) is 0 Å². The van der Waals surface area contributed by atoms with Gasteiger partial charge >= 0.3 is 5.97 Å². The number of aldehydes is 1. The number of carbonyl (C=O) groups excluding carboxylic acids is 2. The van der Waals surface area contributed by atoms with Crippen molar-refractivity contribution in [2.24, 2.45) is 0 Å². The maximum Gasteiger partial charge on any atom is 0.340 e. The minimum atomic E-state index is -0.531. The first-order chi connectivity index (χ1) is 13.5. The highest BCUT2D eigenvalue weighted by Gasteiger charge is 2.21. The number of rotatable bonds is 7. The van der Waals surface area contributed by atoms with Gasteiger partial charge in [-0.2, -0.15) is 5.26 Å². The van der Waals surface area contributed by atoms with Crippen LogP contribution in [-0.2, 0) is 4.74 Å². The Morgan fingerprint density at radius 2 is 2.21 bits per heavy atom. The second-order valence-electron chi connectivity index (χ2n) is 6.08. The number of hydrogen-bond acceptors (Lipinski definition) is 6. The lowest BCUT2D eigenvalue weighted by Crippen LogP contribution is -2.19. The van der Waals surface area contributed by atoms with Crippen molar-refractivity contribution in [1.29, 1.82) is 5.26 Å². The number of aromatic amines is 1. The van der Waals surface area contributed by atoms with Crippen molar-refractivity contribution in [1.82, 2.24) is 9.88 Å². The van der Waals surface area contributed by atoms with Crippen molar-refractivity contribution in [3.8, 4) is 29.0 Å². The van der Waals surface area contributed by atoms with Crippen LogP contribution in [0.15, 0.2) is 24.4 Å². The molecule has 1 aromatic heterocycles. The fourth-order valence-electron chi connectivity index (χ4n) is 2.64. The minimum Gasteiger partial charge on any atom is -0.462 e. The SMILES string of the molecule is CCOC(=O)c1c[nH]c(C=O)c1-c1cc(C#CCN(C)CCC#N)ccc1N. The Morgan fingerprint density at radius 3 is 2.89 bits per heavy atom. The lowest BCUT2D eigenvalue weighted by Gasteiger charge is -2.10. The van der Waals surface area contributed by atoms with Crippen LogP contribution in [0.1, 0.15) is 39.8 Å². The summed E-state index contributed by atoms with van der Waals surface area (Å²) in [6.07, 6.45) is 2.53. The number of ether oxygens (including phenoxy) is 1. The van der Waals surface area contributed by atoms with Crippen molar-refractivity contribution in [3.05, 3.63) is 41.2 Å². The summed E-state index contributed by atoms with van der Waals surface area (Å²) in [5.74, 6) is 5.56. The average molecular weight is 378 g/mol. The summed E-state index contributed by atoms with van der Waals surface area (Å²) in [5, 5.41) is 8.62. The van der Waals surface area contributed by atoms with Crippen LogP contribution >= 0.6 is 0 Å². The lowest BCUT2D eigenvalue weighted by molar-refractivity contribution is 0.0527. The molecule has 3 N–H and O–H groups in total. The van der Waals surface area contributed by atoms with E-state index in [4.69, 9.17) is 15.7 Å². The Bertz CT molecular complexity index is 960.